The minimum Gasteiger partial charge on any atom is -0.531 e. The number of nitrogens with zero attached hydrogens (tertiary/aromatic N) is 1. The monoisotopic (exact) mass is 214 g/mol. The fourth-order valence-electron chi connectivity index (χ4n) is 2.06. The molecule has 0 aromatic carbocycles. The second-order valence-corrected chi connectivity index (χ2v) is 4.02. The van der Waals surface area contributed by atoms with Crippen LogP contribution in [0.25, 0.3) is 16.6 Å². The largest absolute Gasteiger partial charge is 0.555 e. The summed E-state index contributed by atoms with van der Waals surface area (Å²) in [5.41, 5.74) is 3.77. The van der Waals surface area contributed by atoms with Gasteiger partial charge in [-0.3, -0.25) is 0 Å². The van der Waals surface area contributed by atoms with Gasteiger partial charge in [0.25, 0.3) is 0 Å². The van der Waals surface area contributed by atoms with Crippen molar-refractivity contribution in [2.45, 2.75) is 13.8 Å². The highest BCUT2D eigenvalue weighted by atomic mass is 16.5. The Morgan fingerprint density at radius 3 is 3.06 bits per heavy atom. The van der Waals surface area contributed by atoms with Crippen molar-refractivity contribution in [2.24, 2.45) is 0 Å². The topological polar surface area (TPSA) is 58.1 Å². The molecule has 2 aromatic rings. The maximum Gasteiger partial charge on any atom is 0.555 e. The van der Waals surface area contributed by atoms with Crippen LogP contribution < -0.4 is 4.65 Å². The molecule has 0 saturated heterocycles. The van der Waals surface area contributed by atoms with Crippen molar-refractivity contribution in [3.8, 4) is 5.75 Å². The number of hydrogen-bond donors (Lipinski definition) is 2. The highest BCUT2D eigenvalue weighted by Gasteiger charge is 2.29. The Kier molecular flexibility index (Phi) is 1.85. The van der Waals surface area contributed by atoms with Crippen molar-refractivity contribution in [1.82, 2.24) is 9.97 Å². The molecule has 3 heterocycles. The van der Waals surface area contributed by atoms with Gasteiger partial charge >= 0.3 is 7.12 Å². The second-order valence-electron chi connectivity index (χ2n) is 4.02. The van der Waals surface area contributed by atoms with Gasteiger partial charge in [-0.2, -0.15) is 0 Å². The van der Waals surface area contributed by atoms with Gasteiger partial charge < -0.3 is 14.7 Å². The predicted molar refractivity (Wildman–Crippen MR) is 63.0 cm³/mol. The molecule has 0 saturated carbocycles. The van der Waals surface area contributed by atoms with Crippen LogP contribution >= 0.6 is 0 Å². The molecule has 2 N–H and O–H groups in total. The zero-order chi connectivity index (χ0) is 11.3. The molecule has 4 nitrogen and oxygen atoms in total. The molecular weight excluding hydrogens is 203 g/mol. The lowest BCUT2D eigenvalue weighted by Gasteiger charge is -2.22. The third kappa shape index (κ3) is 1.12. The van der Waals surface area contributed by atoms with E-state index in [2.05, 4.69) is 9.97 Å². The highest BCUT2D eigenvalue weighted by Crippen LogP contribution is 2.37. The molecule has 0 spiro atoms. The fourth-order valence-corrected chi connectivity index (χ4v) is 2.06. The van der Waals surface area contributed by atoms with Crippen molar-refractivity contribution >= 4 is 23.7 Å². The van der Waals surface area contributed by atoms with Gasteiger partial charge in [-0.05, 0) is 31.0 Å². The summed E-state index contributed by atoms with van der Waals surface area (Å²) in [6.07, 6.45) is 3.50. The number of allylic oxidation sites excluding steroid dienone is 2. The predicted octanol–water partition coefficient (Wildman–Crippen LogP) is 1.77. The molecule has 0 aliphatic carbocycles. The maximum atomic E-state index is 9.70. The van der Waals surface area contributed by atoms with Crippen molar-refractivity contribution in [1.29, 1.82) is 0 Å². The number of nitrogens with one attached hydrogen (secondary N) is 1. The third-order valence-corrected chi connectivity index (χ3v) is 3.13. The van der Waals surface area contributed by atoms with Gasteiger partial charge in [-0.25, -0.2) is 4.98 Å². The van der Waals surface area contributed by atoms with E-state index >= 15 is 0 Å². The molecule has 1 aliphatic rings. The normalized spacial score (nSPS) is 15.3. The minimum atomic E-state index is -0.856. The standard InChI is InChI=1S/C11H11BN2O2/c1-6-7(2)12(15)16-9-5-14-11-8(10(6)9)3-4-13-11/h3-5,15H,1-2H3,(H,13,14). The molecule has 0 fully saturated rings. The van der Waals surface area contributed by atoms with Crippen LogP contribution in [0.2, 0.25) is 0 Å². The quantitative estimate of drug-likeness (QED) is 0.657. The Hall–Kier alpha value is -1.75. The summed E-state index contributed by atoms with van der Waals surface area (Å²) < 4.78 is 5.41. The Labute approximate surface area is 93.1 Å². The SMILES string of the molecule is CC1=C(C)c2c(cnc3[nH]ccc23)OB1O. The maximum absolute atomic E-state index is 9.70. The zero-order valence-electron chi connectivity index (χ0n) is 9.11. The molecule has 16 heavy (non-hydrogen) atoms. The molecule has 0 unspecified atom stereocenters. The van der Waals surface area contributed by atoms with Gasteiger partial charge in [0, 0.05) is 17.1 Å². The van der Waals surface area contributed by atoms with E-state index in [9.17, 15) is 5.02 Å². The second kappa shape index (κ2) is 3.12. The van der Waals surface area contributed by atoms with Gasteiger partial charge in [0.2, 0.25) is 0 Å². The molecule has 1 aliphatic heterocycles. The lowest BCUT2D eigenvalue weighted by atomic mass is 9.73. The summed E-state index contributed by atoms with van der Waals surface area (Å²) in [6, 6.07) is 1.97. The number of H-pyrrole nitrogens is 1. The molecule has 2 aromatic heterocycles. The summed E-state index contributed by atoms with van der Waals surface area (Å²) >= 11 is 0. The molecule has 5 heteroatoms. The average Bonchev–Trinajstić information content (AvgIpc) is 2.73. The Balaban J connectivity index is 2.39. The summed E-state index contributed by atoms with van der Waals surface area (Å²) in [5, 5.41) is 10.7. The van der Waals surface area contributed by atoms with Gasteiger partial charge in [0.05, 0.1) is 6.20 Å². The van der Waals surface area contributed by atoms with E-state index in [1.165, 1.54) is 0 Å². The van der Waals surface area contributed by atoms with Gasteiger partial charge in [-0.1, -0.05) is 0 Å². The van der Waals surface area contributed by atoms with Crippen molar-refractivity contribution in [3.05, 3.63) is 29.5 Å². The van der Waals surface area contributed by atoms with Crippen LogP contribution in [0.4, 0.5) is 0 Å². The van der Waals surface area contributed by atoms with E-state index in [1.54, 1.807) is 6.20 Å². The van der Waals surface area contributed by atoms with Crippen LogP contribution in [0.3, 0.4) is 0 Å². The first-order valence-corrected chi connectivity index (χ1v) is 5.17. The van der Waals surface area contributed by atoms with E-state index in [1.807, 2.05) is 26.1 Å². The van der Waals surface area contributed by atoms with Gasteiger partial charge in [-0.15, -0.1) is 0 Å². The van der Waals surface area contributed by atoms with Crippen LogP contribution in [0.1, 0.15) is 19.4 Å². The smallest absolute Gasteiger partial charge is 0.531 e. The van der Waals surface area contributed by atoms with E-state index < -0.39 is 7.12 Å². The van der Waals surface area contributed by atoms with Crippen molar-refractivity contribution in [3.63, 3.8) is 0 Å². The van der Waals surface area contributed by atoms with E-state index in [0.29, 0.717) is 5.75 Å². The van der Waals surface area contributed by atoms with Crippen LogP contribution in [-0.4, -0.2) is 22.1 Å². The molecule has 80 valence electrons. The molecular formula is C11H11BN2O2. The molecule has 0 bridgehead atoms. The van der Waals surface area contributed by atoms with Gasteiger partial charge in [0.15, 0.2) is 0 Å². The molecule has 0 amide bonds. The fraction of sp³-hybridized carbons (Fsp3) is 0.182. The summed E-state index contributed by atoms with van der Waals surface area (Å²) in [5.74, 6) is 0.641. The summed E-state index contributed by atoms with van der Waals surface area (Å²) in [4.78, 5) is 7.30. The average molecular weight is 214 g/mol. The van der Waals surface area contributed by atoms with Crippen LogP contribution in [0.5, 0.6) is 5.75 Å². The van der Waals surface area contributed by atoms with Crippen LogP contribution in [0.15, 0.2) is 23.9 Å². The first-order valence-electron chi connectivity index (χ1n) is 5.17. The summed E-state index contributed by atoms with van der Waals surface area (Å²) in [7, 11) is -0.856. The number of aromatic amines is 1. The number of pyridine rings is 1. The Bertz CT molecular complexity index is 603. The van der Waals surface area contributed by atoms with E-state index in [0.717, 1.165) is 27.6 Å². The minimum absolute atomic E-state index is 0.641. The number of rotatable bonds is 0. The van der Waals surface area contributed by atoms with E-state index in [4.69, 9.17) is 4.65 Å². The van der Waals surface area contributed by atoms with E-state index in [-0.39, 0.29) is 0 Å². The van der Waals surface area contributed by atoms with Crippen LogP contribution in [-0.2, 0) is 0 Å². The lowest BCUT2D eigenvalue weighted by molar-refractivity contribution is 0.422. The van der Waals surface area contributed by atoms with Crippen molar-refractivity contribution < 1.29 is 9.68 Å². The number of aromatic nitrogens is 2. The van der Waals surface area contributed by atoms with Crippen LogP contribution in [0, 0.1) is 0 Å². The molecule has 3 rings (SSSR count). The number of fused-ring (bicyclic) bond motifs is 3. The summed E-state index contributed by atoms with van der Waals surface area (Å²) in [6.45, 7) is 3.87. The zero-order valence-corrected chi connectivity index (χ0v) is 9.11. The van der Waals surface area contributed by atoms with Crippen molar-refractivity contribution in [2.75, 3.05) is 0 Å². The Morgan fingerprint density at radius 2 is 2.25 bits per heavy atom. The van der Waals surface area contributed by atoms with Gasteiger partial charge in [0.1, 0.15) is 11.4 Å². The third-order valence-electron chi connectivity index (χ3n) is 3.13. The highest BCUT2D eigenvalue weighted by molar-refractivity contribution is 6.55. The number of hydrogen-bond acceptors (Lipinski definition) is 3. The first-order chi connectivity index (χ1) is 7.68. The molecule has 0 radical (unpaired) electrons. The lowest BCUT2D eigenvalue weighted by Crippen LogP contribution is -2.28. The Morgan fingerprint density at radius 1 is 1.44 bits per heavy atom. The molecule has 0 atom stereocenters. The first kappa shape index (κ1) is 9.48.